The van der Waals surface area contributed by atoms with E-state index in [2.05, 4.69) is 13.8 Å². The van der Waals surface area contributed by atoms with E-state index in [0.29, 0.717) is 24.7 Å². The van der Waals surface area contributed by atoms with Crippen LogP contribution in [0.15, 0.2) is 0 Å². The fourth-order valence-corrected chi connectivity index (χ4v) is 21.4. The van der Waals surface area contributed by atoms with Crippen molar-refractivity contribution in [1.82, 2.24) is 0 Å². The number of carbonyl (C=O) groups is 2. The van der Waals surface area contributed by atoms with Crippen LogP contribution in [0.3, 0.4) is 0 Å². The zero-order chi connectivity index (χ0) is 54.7. The Morgan fingerprint density at radius 2 is 0.493 bits per heavy atom. The summed E-state index contributed by atoms with van der Waals surface area (Å²) in [6.07, 6.45) is 67.1. The van der Waals surface area contributed by atoms with Gasteiger partial charge in [0.2, 0.25) is 0 Å². The average Bonchev–Trinajstić information content (AvgIpc) is 3.41. The fourth-order valence-electron chi connectivity index (χ4n) is 11.2. The van der Waals surface area contributed by atoms with E-state index < -0.39 is 19.2 Å². The molecule has 0 radical (unpaired) electrons. The van der Waals surface area contributed by atoms with Crippen LogP contribution in [0.4, 0.5) is 0 Å². The van der Waals surface area contributed by atoms with Gasteiger partial charge in [0, 0.05) is 13.2 Å². The Labute approximate surface area is 485 Å². The average molecular weight is 1200 g/mol. The monoisotopic (exact) mass is 1200 g/mol. The van der Waals surface area contributed by atoms with E-state index >= 15 is 0 Å². The van der Waals surface area contributed by atoms with Crippen molar-refractivity contribution in [2.24, 2.45) is 11.8 Å². The Morgan fingerprint density at radius 3 is 0.693 bits per heavy atom. The minimum absolute atomic E-state index is 0.127. The van der Waals surface area contributed by atoms with Crippen molar-refractivity contribution in [2.75, 3.05) is 24.7 Å². The minimum atomic E-state index is -4.25. The third-order valence-electron chi connectivity index (χ3n) is 16.4. The van der Waals surface area contributed by atoms with Gasteiger partial charge in [-0.3, -0.25) is 0 Å². The first-order chi connectivity index (χ1) is 36.9. The van der Waals surface area contributed by atoms with Crippen molar-refractivity contribution in [3.05, 3.63) is 0 Å². The van der Waals surface area contributed by atoms with Crippen LogP contribution in [0, 0.1) is 11.8 Å². The van der Waals surface area contributed by atoms with E-state index in [-0.39, 0.29) is 23.8 Å². The molecule has 0 aliphatic rings. The van der Waals surface area contributed by atoms with E-state index in [1.807, 2.05) is 0 Å². The number of aliphatic hydroxyl groups is 2. The molecule has 6 nitrogen and oxygen atoms in total. The number of unbranched alkanes of at least 4 members (excludes halogenated alkanes) is 48. The van der Waals surface area contributed by atoms with Gasteiger partial charge in [-0.2, -0.15) is 0 Å². The van der Waals surface area contributed by atoms with Crippen LogP contribution in [0.2, 0.25) is 8.87 Å². The molecule has 9 heteroatoms. The van der Waals surface area contributed by atoms with Gasteiger partial charge >= 0.3 is 362 Å². The molecule has 0 bridgehead atoms. The molecule has 0 aromatic heterocycles. The molecule has 2 atom stereocenters. The summed E-state index contributed by atoms with van der Waals surface area (Å²) in [6.45, 7) is 5.24. The number of hydrogen-bond acceptors (Lipinski definition) is 8. The fraction of sp³-hybridized carbons (Fsp3) is 0.970. The Hall–Kier alpha value is 0.359. The van der Waals surface area contributed by atoms with E-state index in [0.717, 1.165) is 85.9 Å². The SMILES string of the molecule is CCCCCCCCCCC[CH2][Sn]([CH2]CCCCCCCCCCC)([O]C(=O)C(CS)CCCCCCCCCCCCCCCCCCO)[O]C(=O)C(CS)CCCCCCCCCCCCCCCCCCO. The summed E-state index contributed by atoms with van der Waals surface area (Å²) >= 11 is 5.24. The normalized spacial score (nSPS) is 12.7. The molecule has 0 spiro atoms. The summed E-state index contributed by atoms with van der Waals surface area (Å²) in [6, 6.07) is 0. The molecule has 0 aromatic rings. The van der Waals surface area contributed by atoms with E-state index in [1.165, 1.54) is 270 Å². The van der Waals surface area contributed by atoms with Crippen LogP contribution >= 0.6 is 25.3 Å². The maximum absolute atomic E-state index is 14.4. The molecule has 0 aromatic carbocycles. The second-order valence-electron chi connectivity index (χ2n) is 23.7. The molecule has 448 valence electrons. The second kappa shape index (κ2) is 62.0. The Morgan fingerprint density at radius 1 is 0.307 bits per heavy atom. The van der Waals surface area contributed by atoms with Gasteiger partial charge in [0.05, 0.1) is 0 Å². The molecule has 0 rings (SSSR count). The number of carbonyl (C=O) groups excluding carboxylic acids is 2. The van der Waals surface area contributed by atoms with E-state index in [1.54, 1.807) is 0 Å². The van der Waals surface area contributed by atoms with Gasteiger partial charge in [0.1, 0.15) is 0 Å². The first kappa shape index (κ1) is 75.4. The quantitative estimate of drug-likeness (QED) is 0.0275. The van der Waals surface area contributed by atoms with Gasteiger partial charge in [0.25, 0.3) is 0 Å². The maximum atomic E-state index is 14.4. The van der Waals surface area contributed by atoms with Gasteiger partial charge in [-0.05, 0) is 12.8 Å². The predicted octanol–water partition coefficient (Wildman–Crippen LogP) is 21.7. The van der Waals surface area contributed by atoms with Crippen molar-refractivity contribution in [3.63, 3.8) is 0 Å². The van der Waals surface area contributed by atoms with Gasteiger partial charge < -0.3 is 10.2 Å². The standard InChI is InChI=1S/2C21H42O3S.2C12H25.Sn/c2*22-18-16-14-12-10-8-6-4-2-1-3-5-7-9-11-13-15-17-20(19-25)21(23)24;2*1-3-5-7-9-11-12-10-8-6-4-2;/h2*20,22,25H,1-19H2,(H,23,24);2*1,3-12H2,2H3;/q;;;;+2/p-2. The molecule has 0 aliphatic heterocycles. The first-order valence-corrected chi connectivity index (χ1v) is 41.5. The third-order valence-corrected chi connectivity index (χ3v) is 26.9. The minimum Gasteiger partial charge on any atom is -0.396 e. The summed E-state index contributed by atoms with van der Waals surface area (Å²) in [5, 5.41) is 17.9. The topological polar surface area (TPSA) is 93.1 Å². The zero-order valence-corrected chi connectivity index (χ0v) is 55.1. The summed E-state index contributed by atoms with van der Waals surface area (Å²) in [5.41, 5.74) is 0. The Kier molecular flexibility index (Phi) is 62.3. The van der Waals surface area contributed by atoms with Crippen LogP contribution in [0.1, 0.15) is 361 Å². The molecule has 0 heterocycles. The Balaban J connectivity index is 5.39. The van der Waals surface area contributed by atoms with Crippen LogP contribution < -0.4 is 0 Å². The van der Waals surface area contributed by atoms with E-state index in [9.17, 15) is 9.59 Å². The van der Waals surface area contributed by atoms with Gasteiger partial charge in [-0.15, -0.1) is 0 Å². The van der Waals surface area contributed by atoms with Gasteiger partial charge in [-0.25, -0.2) is 0 Å². The Bertz CT molecular complexity index is 1060. The summed E-state index contributed by atoms with van der Waals surface area (Å²) in [5.74, 6) is 0.238. The summed E-state index contributed by atoms with van der Waals surface area (Å²) in [4.78, 5) is 28.8. The third kappa shape index (κ3) is 52.2. The summed E-state index contributed by atoms with van der Waals surface area (Å²) in [7, 11) is 0. The number of hydrogen-bond donors (Lipinski definition) is 4. The summed E-state index contributed by atoms with van der Waals surface area (Å²) < 4.78 is 15.3. The second-order valence-corrected chi connectivity index (χ2v) is 33.7. The zero-order valence-electron chi connectivity index (χ0n) is 50.5. The van der Waals surface area contributed by atoms with E-state index in [4.69, 9.17) is 41.6 Å². The van der Waals surface area contributed by atoms with Crippen molar-refractivity contribution >= 4 is 56.4 Å². The van der Waals surface area contributed by atoms with Crippen LogP contribution in [-0.4, -0.2) is 66.1 Å². The van der Waals surface area contributed by atoms with Crippen LogP contribution in [-0.2, 0) is 15.7 Å². The number of aliphatic hydroxyl groups excluding tert-OH is 2. The first-order valence-electron chi connectivity index (χ1n) is 33.8. The molecule has 0 saturated heterocycles. The molecule has 0 saturated carbocycles. The molecular formula is C66H132O6S2Sn. The van der Waals surface area contributed by atoms with Crippen LogP contribution in [0.5, 0.6) is 0 Å². The van der Waals surface area contributed by atoms with Crippen molar-refractivity contribution in [1.29, 1.82) is 0 Å². The molecular weight excluding hydrogens is 1070 g/mol. The molecule has 2 unspecified atom stereocenters. The predicted molar refractivity (Wildman–Crippen MR) is 337 cm³/mol. The van der Waals surface area contributed by atoms with Gasteiger partial charge in [0.15, 0.2) is 0 Å². The van der Waals surface area contributed by atoms with Crippen molar-refractivity contribution in [3.8, 4) is 0 Å². The van der Waals surface area contributed by atoms with Crippen molar-refractivity contribution < 1.29 is 26.0 Å². The molecule has 2 N–H and O–H groups in total. The molecule has 0 amide bonds. The molecule has 0 fully saturated rings. The smallest absolute Gasteiger partial charge is 0.396 e. The molecule has 75 heavy (non-hydrogen) atoms. The van der Waals surface area contributed by atoms with Gasteiger partial charge in [-0.1, -0.05) is 89.9 Å². The molecule has 0 aliphatic carbocycles. The number of thiol groups is 2. The van der Waals surface area contributed by atoms with Crippen molar-refractivity contribution in [2.45, 2.75) is 369 Å². The number of rotatable bonds is 64. The van der Waals surface area contributed by atoms with Crippen LogP contribution in [0.25, 0.3) is 0 Å².